The maximum atomic E-state index is 12.7. The summed E-state index contributed by atoms with van der Waals surface area (Å²) in [7, 11) is 0. The maximum absolute atomic E-state index is 12.7. The molecule has 6 nitrogen and oxygen atoms in total. The number of nitrogens with one attached hydrogen (secondary N) is 1. The fraction of sp³-hybridized carbons (Fsp3) is 0.409. The summed E-state index contributed by atoms with van der Waals surface area (Å²) in [6, 6.07) is 10.9. The van der Waals surface area contributed by atoms with E-state index in [1.54, 1.807) is 38.1 Å². The Morgan fingerprint density at radius 1 is 1.14 bits per heavy atom. The SMILES string of the molecule is CC(C)(O)COc1cc(C(=O)Nc2ccc3c(c2)OCCO3)ccc1C1CC1. The molecule has 1 amide bonds. The highest BCUT2D eigenvalue weighted by Gasteiger charge is 2.28. The van der Waals surface area contributed by atoms with Crippen molar-refractivity contribution in [2.45, 2.75) is 38.2 Å². The van der Waals surface area contributed by atoms with E-state index >= 15 is 0 Å². The Hall–Kier alpha value is -2.73. The summed E-state index contributed by atoms with van der Waals surface area (Å²) in [4.78, 5) is 12.7. The predicted octanol–water partition coefficient (Wildman–Crippen LogP) is 3.74. The molecule has 1 fully saturated rings. The summed E-state index contributed by atoms with van der Waals surface area (Å²) in [5, 5.41) is 12.9. The van der Waals surface area contributed by atoms with Crippen LogP contribution in [-0.4, -0.2) is 36.4 Å². The van der Waals surface area contributed by atoms with Crippen LogP contribution in [0.15, 0.2) is 36.4 Å². The highest BCUT2D eigenvalue weighted by Crippen LogP contribution is 2.44. The number of carbonyl (C=O) groups excluding carboxylic acids is 1. The second-order valence-electron chi connectivity index (χ2n) is 7.94. The van der Waals surface area contributed by atoms with Gasteiger partial charge in [0.05, 0.1) is 5.60 Å². The van der Waals surface area contributed by atoms with Gasteiger partial charge in [-0.25, -0.2) is 0 Å². The van der Waals surface area contributed by atoms with Crippen molar-refractivity contribution >= 4 is 11.6 Å². The topological polar surface area (TPSA) is 77.0 Å². The van der Waals surface area contributed by atoms with Gasteiger partial charge in [-0.15, -0.1) is 0 Å². The third-order valence-corrected chi connectivity index (χ3v) is 4.67. The van der Waals surface area contributed by atoms with Gasteiger partial charge in [0.15, 0.2) is 11.5 Å². The Morgan fingerprint density at radius 3 is 2.61 bits per heavy atom. The number of ether oxygens (including phenoxy) is 3. The predicted molar refractivity (Wildman–Crippen MR) is 106 cm³/mol. The summed E-state index contributed by atoms with van der Waals surface area (Å²) in [6.07, 6.45) is 2.25. The van der Waals surface area contributed by atoms with E-state index in [0.717, 1.165) is 18.4 Å². The molecule has 0 saturated heterocycles. The fourth-order valence-corrected chi connectivity index (χ4v) is 3.11. The lowest BCUT2D eigenvalue weighted by molar-refractivity contribution is 0.0281. The van der Waals surface area contributed by atoms with E-state index in [2.05, 4.69) is 5.32 Å². The van der Waals surface area contributed by atoms with E-state index in [4.69, 9.17) is 14.2 Å². The van der Waals surface area contributed by atoms with Gasteiger partial charge >= 0.3 is 0 Å². The van der Waals surface area contributed by atoms with Gasteiger partial charge in [-0.1, -0.05) is 6.07 Å². The first kappa shape index (κ1) is 18.6. The highest BCUT2D eigenvalue weighted by atomic mass is 16.6. The van der Waals surface area contributed by atoms with Crippen molar-refractivity contribution in [2.24, 2.45) is 0 Å². The number of aliphatic hydroxyl groups is 1. The first-order valence-corrected chi connectivity index (χ1v) is 9.59. The molecule has 0 spiro atoms. The van der Waals surface area contributed by atoms with E-state index < -0.39 is 5.60 Å². The average Bonchev–Trinajstić information content (AvgIpc) is 3.50. The molecule has 1 heterocycles. The van der Waals surface area contributed by atoms with Crippen LogP contribution in [0, 0.1) is 0 Å². The first-order chi connectivity index (χ1) is 13.4. The lowest BCUT2D eigenvalue weighted by Gasteiger charge is -2.20. The number of benzene rings is 2. The van der Waals surface area contributed by atoms with Crippen molar-refractivity contribution in [1.29, 1.82) is 0 Å². The molecule has 0 atom stereocenters. The number of rotatable bonds is 6. The quantitative estimate of drug-likeness (QED) is 0.795. The van der Waals surface area contributed by atoms with Crippen LogP contribution in [0.25, 0.3) is 0 Å². The van der Waals surface area contributed by atoms with Crippen molar-refractivity contribution in [3.05, 3.63) is 47.5 Å². The van der Waals surface area contributed by atoms with E-state index in [0.29, 0.717) is 47.6 Å². The number of anilines is 1. The molecule has 28 heavy (non-hydrogen) atoms. The number of hydrogen-bond acceptors (Lipinski definition) is 5. The Bertz CT molecular complexity index is 883. The van der Waals surface area contributed by atoms with Crippen molar-refractivity contribution < 1.29 is 24.1 Å². The molecule has 4 rings (SSSR count). The molecule has 0 radical (unpaired) electrons. The lowest BCUT2D eigenvalue weighted by atomic mass is 10.1. The van der Waals surface area contributed by atoms with Gasteiger partial charge in [0, 0.05) is 17.3 Å². The second kappa shape index (κ2) is 7.36. The van der Waals surface area contributed by atoms with Crippen LogP contribution in [0.2, 0.25) is 0 Å². The molecule has 2 N–H and O–H groups in total. The Labute approximate surface area is 164 Å². The van der Waals surface area contributed by atoms with E-state index in [9.17, 15) is 9.90 Å². The van der Waals surface area contributed by atoms with Gasteiger partial charge in [0.25, 0.3) is 5.91 Å². The van der Waals surface area contributed by atoms with Gasteiger partial charge < -0.3 is 24.6 Å². The van der Waals surface area contributed by atoms with Crippen LogP contribution in [-0.2, 0) is 0 Å². The Balaban J connectivity index is 1.52. The molecule has 1 aliphatic carbocycles. The summed E-state index contributed by atoms with van der Waals surface area (Å²) in [5.41, 5.74) is 1.30. The van der Waals surface area contributed by atoms with Crippen molar-refractivity contribution in [1.82, 2.24) is 0 Å². The molecule has 2 aromatic carbocycles. The molecule has 2 aromatic rings. The number of fused-ring (bicyclic) bond motifs is 1. The molecule has 0 bridgehead atoms. The van der Waals surface area contributed by atoms with Crippen molar-refractivity contribution in [3.8, 4) is 17.2 Å². The molecule has 1 aliphatic heterocycles. The molecular weight excluding hydrogens is 358 g/mol. The number of hydrogen-bond donors (Lipinski definition) is 2. The van der Waals surface area contributed by atoms with Crippen LogP contribution in [0.1, 0.15) is 48.5 Å². The van der Waals surface area contributed by atoms with Gasteiger partial charge in [-0.2, -0.15) is 0 Å². The van der Waals surface area contributed by atoms with Gasteiger partial charge in [-0.3, -0.25) is 4.79 Å². The summed E-state index contributed by atoms with van der Waals surface area (Å²) in [6.45, 7) is 4.58. The number of carbonyl (C=O) groups is 1. The highest BCUT2D eigenvalue weighted by molar-refractivity contribution is 6.04. The Kier molecular flexibility index (Phi) is 4.89. The second-order valence-corrected chi connectivity index (χ2v) is 7.94. The number of amides is 1. The summed E-state index contributed by atoms with van der Waals surface area (Å²) < 4.78 is 16.9. The third kappa shape index (κ3) is 4.39. The molecular formula is C22H25NO5. The average molecular weight is 383 g/mol. The summed E-state index contributed by atoms with van der Waals surface area (Å²) in [5.74, 6) is 2.22. The minimum absolute atomic E-state index is 0.167. The molecule has 1 saturated carbocycles. The zero-order valence-corrected chi connectivity index (χ0v) is 16.2. The largest absolute Gasteiger partial charge is 0.490 e. The normalized spacial score (nSPS) is 15.8. The van der Waals surface area contributed by atoms with Crippen LogP contribution in [0.5, 0.6) is 17.2 Å². The lowest BCUT2D eigenvalue weighted by Crippen LogP contribution is -2.28. The molecule has 2 aliphatic rings. The van der Waals surface area contributed by atoms with E-state index in [-0.39, 0.29) is 12.5 Å². The Morgan fingerprint density at radius 2 is 1.89 bits per heavy atom. The molecule has 6 heteroatoms. The third-order valence-electron chi connectivity index (χ3n) is 4.67. The van der Waals surface area contributed by atoms with Crippen LogP contribution in [0.3, 0.4) is 0 Å². The van der Waals surface area contributed by atoms with Crippen LogP contribution < -0.4 is 19.5 Å². The minimum atomic E-state index is -0.940. The molecule has 148 valence electrons. The maximum Gasteiger partial charge on any atom is 0.255 e. The van der Waals surface area contributed by atoms with Crippen molar-refractivity contribution in [2.75, 3.05) is 25.1 Å². The smallest absolute Gasteiger partial charge is 0.255 e. The van der Waals surface area contributed by atoms with Crippen LogP contribution in [0.4, 0.5) is 5.69 Å². The van der Waals surface area contributed by atoms with E-state index in [1.807, 2.05) is 12.1 Å². The monoisotopic (exact) mass is 383 g/mol. The first-order valence-electron chi connectivity index (χ1n) is 9.59. The minimum Gasteiger partial charge on any atom is -0.490 e. The van der Waals surface area contributed by atoms with Crippen molar-refractivity contribution in [3.63, 3.8) is 0 Å². The standard InChI is InChI=1S/C22H25NO5/c1-22(2,25)13-28-19-11-15(5-7-17(19)14-3-4-14)21(24)23-16-6-8-18-20(12-16)27-10-9-26-18/h5-8,11-12,14,25H,3-4,9-10,13H2,1-2H3,(H,23,24). The fourth-order valence-electron chi connectivity index (χ4n) is 3.11. The molecule has 0 aromatic heterocycles. The zero-order valence-electron chi connectivity index (χ0n) is 16.2. The summed E-state index contributed by atoms with van der Waals surface area (Å²) >= 11 is 0. The van der Waals surface area contributed by atoms with Gasteiger partial charge in [0.1, 0.15) is 25.6 Å². The van der Waals surface area contributed by atoms with Gasteiger partial charge in [0.2, 0.25) is 0 Å². The zero-order chi connectivity index (χ0) is 19.7. The van der Waals surface area contributed by atoms with E-state index in [1.165, 1.54) is 0 Å². The van der Waals surface area contributed by atoms with Gasteiger partial charge in [-0.05, 0) is 62.4 Å². The van der Waals surface area contributed by atoms with Crippen LogP contribution >= 0.6 is 0 Å². The molecule has 0 unspecified atom stereocenters.